The van der Waals surface area contributed by atoms with Gasteiger partial charge in [-0.2, -0.15) is 10.2 Å². The Morgan fingerprint density at radius 2 is 1.67 bits per heavy atom. The molecule has 0 atom stereocenters. The van der Waals surface area contributed by atoms with Crippen molar-refractivity contribution in [1.29, 1.82) is 0 Å². The highest BCUT2D eigenvalue weighted by Crippen LogP contribution is 2.23. The zero-order valence-electron chi connectivity index (χ0n) is 10.1. The van der Waals surface area contributed by atoms with Gasteiger partial charge in [-0.3, -0.25) is 0 Å². The van der Waals surface area contributed by atoms with Crippen molar-refractivity contribution in [3.63, 3.8) is 0 Å². The lowest BCUT2D eigenvalue weighted by Crippen LogP contribution is -1.97. The number of rotatable bonds is 1. The quantitative estimate of drug-likeness (QED) is 0.775. The lowest BCUT2D eigenvalue weighted by atomic mass is 10.1. The van der Waals surface area contributed by atoms with Gasteiger partial charge < -0.3 is 4.98 Å². The Balaban J connectivity index is 0.000000531. The summed E-state index contributed by atoms with van der Waals surface area (Å²) in [6.45, 7) is 10.2. The minimum absolute atomic E-state index is 0.423. The minimum atomic E-state index is 0.423. The van der Waals surface area contributed by atoms with Crippen LogP contribution in [-0.4, -0.2) is 15.2 Å². The third kappa shape index (κ3) is 2.17. The van der Waals surface area contributed by atoms with Gasteiger partial charge in [0.25, 0.3) is 0 Å². The van der Waals surface area contributed by atoms with Gasteiger partial charge in [-0.05, 0) is 12.8 Å². The Morgan fingerprint density at radius 3 is 2.27 bits per heavy atom. The maximum absolute atomic E-state index is 4.21. The second-order valence-electron chi connectivity index (χ2n) is 3.61. The third-order valence-corrected chi connectivity index (χ3v) is 2.27. The number of fused-ring (bicyclic) bond motifs is 1. The van der Waals surface area contributed by atoms with Crippen molar-refractivity contribution in [3.8, 4) is 0 Å². The molecule has 0 aliphatic carbocycles. The molecule has 15 heavy (non-hydrogen) atoms. The molecule has 82 valence electrons. The maximum atomic E-state index is 4.21. The zero-order valence-corrected chi connectivity index (χ0v) is 10.1. The van der Waals surface area contributed by atoms with Crippen LogP contribution in [0.3, 0.4) is 0 Å². The SMILES string of the molecule is CC.Cc1nnc(C(C)C)c2c[nH]cc12. The molecule has 2 heterocycles. The van der Waals surface area contributed by atoms with Crippen molar-refractivity contribution in [2.45, 2.75) is 40.5 Å². The predicted molar refractivity (Wildman–Crippen MR) is 64.1 cm³/mol. The van der Waals surface area contributed by atoms with Gasteiger partial charge in [-0.15, -0.1) is 0 Å². The third-order valence-electron chi connectivity index (χ3n) is 2.27. The summed E-state index contributed by atoms with van der Waals surface area (Å²) in [6.07, 6.45) is 3.97. The van der Waals surface area contributed by atoms with Crippen LogP contribution in [0.25, 0.3) is 10.8 Å². The Bertz CT molecular complexity index is 429. The molecule has 0 aliphatic rings. The van der Waals surface area contributed by atoms with E-state index in [2.05, 4.69) is 29.0 Å². The van der Waals surface area contributed by atoms with Gasteiger partial charge in [0, 0.05) is 23.2 Å². The van der Waals surface area contributed by atoms with Gasteiger partial charge in [0.2, 0.25) is 0 Å². The summed E-state index contributed by atoms with van der Waals surface area (Å²) in [5, 5.41) is 10.7. The molecule has 0 saturated heterocycles. The molecule has 0 saturated carbocycles. The molecule has 0 aliphatic heterocycles. The summed E-state index contributed by atoms with van der Waals surface area (Å²) >= 11 is 0. The summed E-state index contributed by atoms with van der Waals surface area (Å²) in [5.74, 6) is 0.423. The van der Waals surface area contributed by atoms with Crippen LogP contribution in [0.4, 0.5) is 0 Å². The van der Waals surface area contributed by atoms with Crippen molar-refractivity contribution in [2.75, 3.05) is 0 Å². The van der Waals surface area contributed by atoms with Crippen LogP contribution in [-0.2, 0) is 0 Å². The van der Waals surface area contributed by atoms with Crippen molar-refractivity contribution in [1.82, 2.24) is 15.2 Å². The first-order valence-corrected chi connectivity index (χ1v) is 5.50. The van der Waals surface area contributed by atoms with E-state index in [4.69, 9.17) is 0 Å². The van der Waals surface area contributed by atoms with Crippen LogP contribution >= 0.6 is 0 Å². The Labute approximate surface area is 90.9 Å². The molecule has 2 aromatic heterocycles. The molecule has 0 bridgehead atoms. The van der Waals surface area contributed by atoms with E-state index < -0.39 is 0 Å². The van der Waals surface area contributed by atoms with E-state index in [1.54, 1.807) is 0 Å². The Kier molecular flexibility index (Phi) is 3.83. The van der Waals surface area contributed by atoms with Gasteiger partial charge in [0.05, 0.1) is 11.4 Å². The number of aryl methyl sites for hydroxylation is 1. The molecular formula is C12H19N3. The number of hydrogen-bond donors (Lipinski definition) is 1. The number of H-pyrrole nitrogens is 1. The van der Waals surface area contributed by atoms with E-state index in [-0.39, 0.29) is 0 Å². The van der Waals surface area contributed by atoms with Crippen molar-refractivity contribution < 1.29 is 0 Å². The van der Waals surface area contributed by atoms with Crippen LogP contribution < -0.4 is 0 Å². The molecule has 3 heteroatoms. The largest absolute Gasteiger partial charge is 0.366 e. The van der Waals surface area contributed by atoms with Crippen molar-refractivity contribution in [2.24, 2.45) is 0 Å². The maximum Gasteiger partial charge on any atom is 0.0750 e. The lowest BCUT2D eigenvalue weighted by Gasteiger charge is -2.05. The highest BCUT2D eigenvalue weighted by Gasteiger charge is 2.09. The highest BCUT2D eigenvalue weighted by atomic mass is 15.1. The first kappa shape index (κ1) is 11.7. The molecule has 3 nitrogen and oxygen atoms in total. The topological polar surface area (TPSA) is 41.6 Å². The number of nitrogens with zero attached hydrogens (tertiary/aromatic N) is 2. The first-order valence-electron chi connectivity index (χ1n) is 5.50. The monoisotopic (exact) mass is 205 g/mol. The van der Waals surface area contributed by atoms with E-state index in [0.29, 0.717) is 5.92 Å². The molecular weight excluding hydrogens is 186 g/mol. The van der Waals surface area contributed by atoms with Gasteiger partial charge >= 0.3 is 0 Å². The fourth-order valence-electron chi connectivity index (χ4n) is 1.54. The van der Waals surface area contributed by atoms with Gasteiger partial charge in [0.15, 0.2) is 0 Å². The van der Waals surface area contributed by atoms with E-state index in [9.17, 15) is 0 Å². The number of aromatic nitrogens is 3. The predicted octanol–water partition coefficient (Wildman–Crippen LogP) is 3.42. The molecule has 0 aromatic carbocycles. The normalized spacial score (nSPS) is 10.3. The average Bonchev–Trinajstić information content (AvgIpc) is 2.70. The molecule has 2 rings (SSSR count). The van der Waals surface area contributed by atoms with Gasteiger partial charge in [0.1, 0.15) is 0 Å². The lowest BCUT2D eigenvalue weighted by molar-refractivity contribution is 0.793. The average molecular weight is 205 g/mol. The molecule has 1 N–H and O–H groups in total. The Morgan fingerprint density at radius 1 is 1.07 bits per heavy atom. The van der Waals surface area contributed by atoms with Gasteiger partial charge in [-0.1, -0.05) is 27.7 Å². The van der Waals surface area contributed by atoms with Crippen molar-refractivity contribution >= 4 is 10.8 Å². The first-order chi connectivity index (χ1) is 7.20. The van der Waals surface area contributed by atoms with Gasteiger partial charge in [-0.25, -0.2) is 0 Å². The summed E-state index contributed by atoms with van der Waals surface area (Å²) in [7, 11) is 0. The number of aromatic amines is 1. The van der Waals surface area contributed by atoms with Crippen molar-refractivity contribution in [3.05, 3.63) is 23.8 Å². The molecule has 0 spiro atoms. The standard InChI is InChI=1S/C10H13N3.C2H6/c1-6(2)10-9-5-11-4-8(9)7(3)12-13-10;1-2/h4-6,11H,1-3H3;1-2H3. The van der Waals surface area contributed by atoms with Crippen LogP contribution in [0.1, 0.15) is 45.0 Å². The highest BCUT2D eigenvalue weighted by molar-refractivity contribution is 5.86. The van der Waals surface area contributed by atoms with E-state index >= 15 is 0 Å². The molecule has 0 amide bonds. The zero-order chi connectivity index (χ0) is 11.4. The summed E-state index contributed by atoms with van der Waals surface area (Å²) < 4.78 is 0. The van der Waals surface area contributed by atoms with Crippen LogP contribution in [0.15, 0.2) is 12.4 Å². The second kappa shape index (κ2) is 4.91. The number of hydrogen-bond acceptors (Lipinski definition) is 2. The molecule has 0 unspecified atom stereocenters. The van der Waals surface area contributed by atoms with Crippen LogP contribution in [0.5, 0.6) is 0 Å². The minimum Gasteiger partial charge on any atom is -0.366 e. The molecule has 0 fully saturated rings. The fraction of sp³-hybridized carbons (Fsp3) is 0.500. The Hall–Kier alpha value is -1.38. The summed E-state index contributed by atoms with van der Waals surface area (Å²) in [5.41, 5.74) is 2.06. The summed E-state index contributed by atoms with van der Waals surface area (Å²) in [4.78, 5) is 3.09. The van der Waals surface area contributed by atoms with Crippen LogP contribution in [0, 0.1) is 6.92 Å². The molecule has 2 aromatic rings. The smallest absolute Gasteiger partial charge is 0.0750 e. The summed E-state index contributed by atoms with van der Waals surface area (Å²) in [6, 6.07) is 0. The fourth-order valence-corrected chi connectivity index (χ4v) is 1.54. The van der Waals surface area contributed by atoms with E-state index in [0.717, 1.165) is 11.4 Å². The second-order valence-corrected chi connectivity index (χ2v) is 3.61. The van der Waals surface area contributed by atoms with Crippen LogP contribution in [0.2, 0.25) is 0 Å². The van der Waals surface area contributed by atoms with E-state index in [1.165, 1.54) is 10.8 Å². The number of nitrogens with one attached hydrogen (secondary N) is 1. The van der Waals surface area contributed by atoms with E-state index in [1.807, 2.05) is 33.2 Å². The molecule has 0 radical (unpaired) electrons.